The van der Waals surface area contributed by atoms with Gasteiger partial charge >= 0.3 is 0 Å². The molecular weight excluding hydrogens is 150 g/mol. The fourth-order valence-corrected chi connectivity index (χ4v) is 1.16. The van der Waals surface area contributed by atoms with Gasteiger partial charge in [-0.2, -0.15) is 0 Å². The van der Waals surface area contributed by atoms with E-state index in [1.54, 1.807) is 0 Å². The van der Waals surface area contributed by atoms with Crippen LogP contribution in [0.2, 0.25) is 0 Å². The molecule has 0 aliphatic heterocycles. The first kappa shape index (κ1) is 11.9. The lowest BCUT2D eigenvalue weighted by Crippen LogP contribution is -2.34. The zero-order chi connectivity index (χ0) is 9.72. The number of hydrogen-bond donors (Lipinski definition) is 1. The van der Waals surface area contributed by atoms with Gasteiger partial charge in [-0.1, -0.05) is 13.8 Å². The Labute approximate surface area is 76.6 Å². The molecule has 2 heteroatoms. The molecule has 0 heterocycles. The highest BCUT2D eigenvalue weighted by molar-refractivity contribution is 4.65. The zero-order valence-electron chi connectivity index (χ0n) is 9.04. The molecule has 0 rings (SSSR count). The average Bonchev–Trinajstić information content (AvgIpc) is 1.84. The predicted molar refractivity (Wildman–Crippen MR) is 53.2 cm³/mol. The summed E-state index contributed by atoms with van der Waals surface area (Å²) in [6, 6.07) is 0.520. The summed E-state index contributed by atoms with van der Waals surface area (Å²) in [6.45, 7) is 9.34. The molecule has 0 radical (unpaired) electrons. The summed E-state index contributed by atoms with van der Waals surface area (Å²) < 4.78 is 0. The third kappa shape index (κ3) is 5.56. The predicted octanol–water partition coefficient (Wildman–Crippen LogP) is 1.73. The van der Waals surface area contributed by atoms with Gasteiger partial charge in [0.15, 0.2) is 0 Å². The number of rotatable bonds is 5. The van der Waals surface area contributed by atoms with Crippen LogP contribution in [0.25, 0.3) is 0 Å². The first-order valence-electron chi connectivity index (χ1n) is 4.81. The molecule has 0 bridgehead atoms. The Bertz CT molecular complexity index is 112. The quantitative estimate of drug-likeness (QED) is 0.684. The molecule has 0 aliphatic carbocycles. The number of aliphatic hydroxyl groups is 1. The van der Waals surface area contributed by atoms with Gasteiger partial charge in [-0.3, -0.25) is 0 Å². The van der Waals surface area contributed by atoms with Crippen molar-refractivity contribution < 1.29 is 5.11 Å². The highest BCUT2D eigenvalue weighted by Gasteiger charge is 2.11. The van der Waals surface area contributed by atoms with E-state index in [1.165, 1.54) is 0 Å². The molecule has 1 unspecified atom stereocenters. The molecule has 0 saturated heterocycles. The van der Waals surface area contributed by atoms with Crippen molar-refractivity contribution in [3.8, 4) is 0 Å². The Morgan fingerprint density at radius 2 is 1.67 bits per heavy atom. The standard InChI is InChI=1S/C10H23NO/c1-8(2)6-10(12)7-11(5)9(3)4/h8-10,12H,6-7H2,1-5H3. The highest BCUT2D eigenvalue weighted by Crippen LogP contribution is 2.06. The van der Waals surface area contributed by atoms with E-state index in [9.17, 15) is 5.11 Å². The van der Waals surface area contributed by atoms with E-state index < -0.39 is 0 Å². The van der Waals surface area contributed by atoms with Gasteiger partial charge in [0.2, 0.25) is 0 Å². The molecular formula is C10H23NO. The van der Waals surface area contributed by atoms with E-state index in [1.807, 2.05) is 7.05 Å². The van der Waals surface area contributed by atoms with Crippen molar-refractivity contribution in [1.82, 2.24) is 4.90 Å². The van der Waals surface area contributed by atoms with E-state index in [4.69, 9.17) is 0 Å². The van der Waals surface area contributed by atoms with E-state index in [-0.39, 0.29) is 6.10 Å². The third-order valence-corrected chi connectivity index (χ3v) is 2.12. The molecule has 0 aromatic rings. The van der Waals surface area contributed by atoms with Gasteiger partial charge < -0.3 is 10.0 Å². The summed E-state index contributed by atoms with van der Waals surface area (Å²) >= 11 is 0. The summed E-state index contributed by atoms with van der Waals surface area (Å²) in [5, 5.41) is 9.60. The minimum absolute atomic E-state index is 0.169. The smallest absolute Gasteiger partial charge is 0.0669 e. The summed E-state index contributed by atoms with van der Waals surface area (Å²) in [7, 11) is 2.05. The van der Waals surface area contributed by atoms with Gasteiger partial charge in [-0.05, 0) is 33.2 Å². The summed E-state index contributed by atoms with van der Waals surface area (Å²) in [5.74, 6) is 0.584. The number of likely N-dealkylation sites (N-methyl/N-ethyl adjacent to an activating group) is 1. The van der Waals surface area contributed by atoms with Crippen molar-refractivity contribution in [2.24, 2.45) is 5.92 Å². The Hall–Kier alpha value is -0.0800. The number of nitrogens with zero attached hydrogens (tertiary/aromatic N) is 1. The molecule has 0 spiro atoms. The molecule has 0 aromatic carbocycles. The normalized spacial score (nSPS) is 14.8. The molecule has 0 saturated carbocycles. The first-order valence-corrected chi connectivity index (χ1v) is 4.81. The van der Waals surface area contributed by atoms with E-state index in [0.29, 0.717) is 12.0 Å². The highest BCUT2D eigenvalue weighted by atomic mass is 16.3. The van der Waals surface area contributed by atoms with Crippen molar-refractivity contribution in [2.45, 2.75) is 46.3 Å². The maximum Gasteiger partial charge on any atom is 0.0669 e. The summed E-state index contributed by atoms with van der Waals surface area (Å²) in [5.41, 5.74) is 0. The Morgan fingerprint density at radius 1 is 1.17 bits per heavy atom. The molecule has 2 nitrogen and oxygen atoms in total. The molecule has 74 valence electrons. The second-order valence-electron chi connectivity index (χ2n) is 4.32. The zero-order valence-corrected chi connectivity index (χ0v) is 9.04. The van der Waals surface area contributed by atoms with Crippen LogP contribution in [0, 0.1) is 5.92 Å². The molecule has 12 heavy (non-hydrogen) atoms. The Balaban J connectivity index is 3.61. The SMILES string of the molecule is CC(C)CC(O)CN(C)C(C)C. The molecule has 0 aromatic heterocycles. The average molecular weight is 173 g/mol. The largest absolute Gasteiger partial charge is 0.392 e. The van der Waals surface area contributed by atoms with Crippen LogP contribution in [0.15, 0.2) is 0 Å². The Kier molecular flexibility index (Phi) is 5.51. The van der Waals surface area contributed by atoms with Gasteiger partial charge in [-0.15, -0.1) is 0 Å². The van der Waals surface area contributed by atoms with Crippen LogP contribution < -0.4 is 0 Å². The molecule has 0 aliphatic rings. The van der Waals surface area contributed by atoms with E-state index in [0.717, 1.165) is 13.0 Å². The van der Waals surface area contributed by atoms with Crippen LogP contribution in [0.1, 0.15) is 34.1 Å². The van der Waals surface area contributed by atoms with Gasteiger partial charge in [0.25, 0.3) is 0 Å². The van der Waals surface area contributed by atoms with Gasteiger partial charge in [0, 0.05) is 12.6 Å². The van der Waals surface area contributed by atoms with Crippen molar-refractivity contribution in [3.05, 3.63) is 0 Å². The lowest BCUT2D eigenvalue weighted by Gasteiger charge is -2.24. The second kappa shape index (κ2) is 5.55. The van der Waals surface area contributed by atoms with Crippen LogP contribution in [-0.2, 0) is 0 Å². The lowest BCUT2D eigenvalue weighted by atomic mass is 10.1. The maximum atomic E-state index is 9.60. The number of hydrogen-bond acceptors (Lipinski definition) is 2. The monoisotopic (exact) mass is 173 g/mol. The van der Waals surface area contributed by atoms with Gasteiger partial charge in [0.05, 0.1) is 6.10 Å². The lowest BCUT2D eigenvalue weighted by molar-refractivity contribution is 0.0942. The fraction of sp³-hybridized carbons (Fsp3) is 1.00. The van der Waals surface area contributed by atoms with Crippen molar-refractivity contribution in [3.63, 3.8) is 0 Å². The van der Waals surface area contributed by atoms with Crippen LogP contribution in [0.3, 0.4) is 0 Å². The van der Waals surface area contributed by atoms with Crippen molar-refractivity contribution in [1.29, 1.82) is 0 Å². The van der Waals surface area contributed by atoms with E-state index >= 15 is 0 Å². The maximum absolute atomic E-state index is 9.60. The van der Waals surface area contributed by atoms with E-state index in [2.05, 4.69) is 32.6 Å². The first-order chi connectivity index (χ1) is 5.43. The van der Waals surface area contributed by atoms with Crippen LogP contribution >= 0.6 is 0 Å². The second-order valence-corrected chi connectivity index (χ2v) is 4.32. The minimum Gasteiger partial charge on any atom is -0.392 e. The molecule has 0 fully saturated rings. The third-order valence-electron chi connectivity index (χ3n) is 2.12. The number of aliphatic hydroxyl groups excluding tert-OH is 1. The van der Waals surface area contributed by atoms with Crippen molar-refractivity contribution >= 4 is 0 Å². The molecule has 0 amide bonds. The van der Waals surface area contributed by atoms with Crippen LogP contribution in [0.4, 0.5) is 0 Å². The van der Waals surface area contributed by atoms with Gasteiger partial charge in [0.1, 0.15) is 0 Å². The molecule has 1 N–H and O–H groups in total. The minimum atomic E-state index is -0.169. The van der Waals surface area contributed by atoms with Crippen LogP contribution in [0.5, 0.6) is 0 Å². The van der Waals surface area contributed by atoms with Gasteiger partial charge in [-0.25, -0.2) is 0 Å². The molecule has 1 atom stereocenters. The topological polar surface area (TPSA) is 23.5 Å². The summed E-state index contributed by atoms with van der Waals surface area (Å²) in [4.78, 5) is 2.17. The van der Waals surface area contributed by atoms with Crippen LogP contribution in [-0.4, -0.2) is 35.7 Å². The Morgan fingerprint density at radius 3 is 2.00 bits per heavy atom. The fourth-order valence-electron chi connectivity index (χ4n) is 1.16. The summed E-state index contributed by atoms with van der Waals surface area (Å²) in [6.07, 6.45) is 0.731. The van der Waals surface area contributed by atoms with Crippen molar-refractivity contribution in [2.75, 3.05) is 13.6 Å².